The monoisotopic (exact) mass is 272 g/mol. The van der Waals surface area contributed by atoms with Gasteiger partial charge in [-0.05, 0) is 24.3 Å². The van der Waals surface area contributed by atoms with E-state index in [0.717, 1.165) is 16.7 Å². The van der Waals surface area contributed by atoms with Crippen LogP contribution in [0.2, 0.25) is 0 Å². The van der Waals surface area contributed by atoms with Gasteiger partial charge in [0.15, 0.2) is 5.76 Å². The van der Waals surface area contributed by atoms with Gasteiger partial charge in [-0.3, -0.25) is 4.79 Å². The topological polar surface area (TPSA) is 43.4 Å². The van der Waals surface area contributed by atoms with E-state index in [0.29, 0.717) is 17.3 Å². The van der Waals surface area contributed by atoms with E-state index in [4.69, 9.17) is 8.83 Å². The number of ketones is 1. The van der Waals surface area contributed by atoms with E-state index >= 15 is 0 Å². The summed E-state index contributed by atoms with van der Waals surface area (Å²) < 4.78 is 10.7. The Kier molecular flexibility index (Phi) is 3.42. The van der Waals surface area contributed by atoms with Crippen molar-refractivity contribution in [3.63, 3.8) is 0 Å². The van der Waals surface area contributed by atoms with Crippen molar-refractivity contribution in [1.29, 1.82) is 0 Å². The fourth-order valence-corrected chi connectivity index (χ4v) is 2.62. The van der Waals surface area contributed by atoms with Gasteiger partial charge in [0.05, 0.1) is 17.8 Å². The number of benzene rings is 1. The summed E-state index contributed by atoms with van der Waals surface area (Å²) in [4.78, 5) is 12.0. The molecule has 0 atom stereocenters. The molecule has 0 aliphatic carbocycles. The Morgan fingerprint density at radius 2 is 2.05 bits per heavy atom. The first-order valence-electron chi connectivity index (χ1n) is 5.95. The molecule has 0 radical (unpaired) electrons. The van der Waals surface area contributed by atoms with Crippen molar-refractivity contribution < 1.29 is 13.6 Å². The average molecular weight is 272 g/mol. The summed E-state index contributed by atoms with van der Waals surface area (Å²) in [6.07, 6.45) is 1.64. The summed E-state index contributed by atoms with van der Waals surface area (Å²) in [7, 11) is 0. The number of carbonyl (C=O) groups excluding carboxylic acids is 1. The van der Waals surface area contributed by atoms with Crippen molar-refractivity contribution in [3.05, 3.63) is 60.2 Å². The molecule has 3 rings (SSSR count). The zero-order valence-electron chi connectivity index (χ0n) is 10.2. The minimum Gasteiger partial charge on any atom is -0.468 e. The average Bonchev–Trinajstić information content (AvgIpc) is 3.07. The number of para-hydroxylation sites is 1. The second-order valence-corrected chi connectivity index (χ2v) is 5.13. The summed E-state index contributed by atoms with van der Waals surface area (Å²) >= 11 is 1.52. The SMILES string of the molecule is O=C(CSCc1ccco1)c1cc2ccccc2o1. The molecule has 96 valence electrons. The molecule has 0 bridgehead atoms. The van der Waals surface area contributed by atoms with E-state index in [1.165, 1.54) is 11.8 Å². The van der Waals surface area contributed by atoms with Crippen molar-refractivity contribution in [2.75, 3.05) is 5.75 Å². The Morgan fingerprint density at radius 1 is 1.16 bits per heavy atom. The molecule has 0 saturated heterocycles. The van der Waals surface area contributed by atoms with Gasteiger partial charge < -0.3 is 8.83 Å². The molecule has 0 fully saturated rings. The first kappa shape index (κ1) is 12.1. The third kappa shape index (κ3) is 2.74. The number of rotatable bonds is 5. The molecule has 1 aromatic carbocycles. The highest BCUT2D eigenvalue weighted by Crippen LogP contribution is 2.21. The number of furan rings is 2. The van der Waals surface area contributed by atoms with Gasteiger partial charge in [-0.2, -0.15) is 0 Å². The highest BCUT2D eigenvalue weighted by atomic mass is 32.2. The van der Waals surface area contributed by atoms with Crippen molar-refractivity contribution >= 4 is 28.5 Å². The van der Waals surface area contributed by atoms with Gasteiger partial charge in [0.1, 0.15) is 11.3 Å². The van der Waals surface area contributed by atoms with Crippen LogP contribution in [-0.2, 0) is 5.75 Å². The molecule has 0 spiro atoms. The summed E-state index contributed by atoms with van der Waals surface area (Å²) in [6, 6.07) is 13.2. The lowest BCUT2D eigenvalue weighted by Crippen LogP contribution is -2.00. The molecule has 0 saturated carbocycles. The predicted molar refractivity (Wildman–Crippen MR) is 75.4 cm³/mol. The second-order valence-electron chi connectivity index (χ2n) is 4.14. The van der Waals surface area contributed by atoms with Gasteiger partial charge >= 0.3 is 0 Å². The molecule has 4 heteroatoms. The van der Waals surface area contributed by atoms with Crippen LogP contribution < -0.4 is 0 Å². The van der Waals surface area contributed by atoms with E-state index in [1.54, 1.807) is 12.3 Å². The maximum atomic E-state index is 12.0. The van der Waals surface area contributed by atoms with Crippen LogP contribution in [0.5, 0.6) is 0 Å². The smallest absolute Gasteiger partial charge is 0.207 e. The minimum absolute atomic E-state index is 0.00718. The van der Waals surface area contributed by atoms with E-state index < -0.39 is 0 Å². The number of hydrogen-bond acceptors (Lipinski definition) is 4. The van der Waals surface area contributed by atoms with E-state index in [-0.39, 0.29) is 5.78 Å². The van der Waals surface area contributed by atoms with E-state index in [9.17, 15) is 4.79 Å². The molecule has 0 unspecified atom stereocenters. The number of hydrogen-bond donors (Lipinski definition) is 0. The predicted octanol–water partition coefficient (Wildman–Crippen LogP) is 4.14. The number of carbonyl (C=O) groups is 1. The van der Waals surface area contributed by atoms with Crippen LogP contribution in [0, 0.1) is 0 Å². The molecular weight excluding hydrogens is 260 g/mol. The molecule has 19 heavy (non-hydrogen) atoms. The fraction of sp³-hybridized carbons (Fsp3) is 0.133. The molecule has 0 aliphatic heterocycles. The molecule has 0 N–H and O–H groups in total. The van der Waals surface area contributed by atoms with Crippen LogP contribution in [-0.4, -0.2) is 11.5 Å². The molecule has 0 amide bonds. The normalized spacial score (nSPS) is 10.9. The Balaban J connectivity index is 1.63. The van der Waals surface area contributed by atoms with Gasteiger partial charge in [-0.25, -0.2) is 0 Å². The van der Waals surface area contributed by atoms with E-state index in [2.05, 4.69) is 0 Å². The summed E-state index contributed by atoms with van der Waals surface area (Å²) in [5, 5.41) is 0.960. The zero-order valence-corrected chi connectivity index (χ0v) is 11.0. The fourth-order valence-electron chi connectivity index (χ4n) is 1.83. The molecule has 2 heterocycles. The molecule has 3 aromatic rings. The first-order valence-corrected chi connectivity index (χ1v) is 7.10. The van der Waals surface area contributed by atoms with Gasteiger partial charge in [0, 0.05) is 5.39 Å². The van der Waals surface area contributed by atoms with Crippen LogP contribution >= 0.6 is 11.8 Å². The van der Waals surface area contributed by atoms with Crippen LogP contribution in [0.15, 0.2) is 57.6 Å². The largest absolute Gasteiger partial charge is 0.468 e. The third-order valence-corrected chi connectivity index (χ3v) is 3.71. The summed E-state index contributed by atoms with van der Waals surface area (Å²) in [5.41, 5.74) is 0.752. The molecule has 2 aromatic heterocycles. The number of Topliss-reactive ketones (excluding diaryl/α,β-unsaturated/α-hetero) is 1. The minimum atomic E-state index is 0.00718. The van der Waals surface area contributed by atoms with Crippen LogP contribution in [0.1, 0.15) is 16.3 Å². The van der Waals surface area contributed by atoms with Gasteiger partial charge in [0.2, 0.25) is 5.78 Å². The summed E-state index contributed by atoms with van der Waals surface area (Å²) in [5.74, 6) is 2.39. The third-order valence-electron chi connectivity index (χ3n) is 2.76. The van der Waals surface area contributed by atoms with Crippen LogP contribution in [0.4, 0.5) is 0 Å². The first-order chi connectivity index (χ1) is 9.33. The lowest BCUT2D eigenvalue weighted by Gasteiger charge is -1.96. The van der Waals surface area contributed by atoms with Crippen molar-refractivity contribution in [3.8, 4) is 0 Å². The lowest BCUT2D eigenvalue weighted by molar-refractivity contribution is 0.0994. The number of thioether (sulfide) groups is 1. The van der Waals surface area contributed by atoms with Crippen LogP contribution in [0.3, 0.4) is 0 Å². The maximum Gasteiger partial charge on any atom is 0.207 e. The van der Waals surface area contributed by atoms with Crippen LogP contribution in [0.25, 0.3) is 11.0 Å². The highest BCUT2D eigenvalue weighted by Gasteiger charge is 2.12. The maximum absolute atomic E-state index is 12.0. The summed E-state index contributed by atoms with van der Waals surface area (Å²) in [6.45, 7) is 0. The van der Waals surface area contributed by atoms with E-state index in [1.807, 2.05) is 36.4 Å². The van der Waals surface area contributed by atoms with Crippen molar-refractivity contribution in [2.24, 2.45) is 0 Å². The zero-order chi connectivity index (χ0) is 13.1. The lowest BCUT2D eigenvalue weighted by atomic mass is 10.2. The Morgan fingerprint density at radius 3 is 2.84 bits per heavy atom. The molecular formula is C15H12O3S. The highest BCUT2D eigenvalue weighted by molar-refractivity contribution is 7.99. The van der Waals surface area contributed by atoms with Gasteiger partial charge in [-0.1, -0.05) is 18.2 Å². The standard InChI is InChI=1S/C15H12O3S/c16-13(10-19-9-12-5-3-7-17-12)15-8-11-4-1-2-6-14(11)18-15/h1-8H,9-10H2. The molecule has 3 nitrogen and oxygen atoms in total. The number of fused-ring (bicyclic) bond motifs is 1. The second kappa shape index (κ2) is 5.36. The Bertz CT molecular complexity index is 649. The quantitative estimate of drug-likeness (QED) is 0.655. The Hall–Kier alpha value is -1.94. The molecule has 0 aliphatic rings. The van der Waals surface area contributed by atoms with Gasteiger partial charge in [0.25, 0.3) is 0 Å². The van der Waals surface area contributed by atoms with Gasteiger partial charge in [-0.15, -0.1) is 11.8 Å². The van der Waals surface area contributed by atoms with Crippen molar-refractivity contribution in [2.45, 2.75) is 5.75 Å². The Labute approximate surface area is 114 Å². The van der Waals surface area contributed by atoms with Crippen molar-refractivity contribution in [1.82, 2.24) is 0 Å².